The number of rotatable bonds is 4. The number of halogens is 2. The van der Waals surface area contributed by atoms with E-state index in [0.29, 0.717) is 17.5 Å². The summed E-state index contributed by atoms with van der Waals surface area (Å²) in [6.07, 6.45) is -2.17. The molecule has 0 heterocycles. The van der Waals surface area contributed by atoms with Crippen LogP contribution in [0.25, 0.3) is 0 Å². The Morgan fingerprint density at radius 3 is 2.56 bits per heavy atom. The molecule has 0 spiro atoms. The SMILES string of the molecule is O=C(NCC(F)F)c1ccc(C#CCCO)cc1. The Morgan fingerprint density at radius 2 is 2.00 bits per heavy atom. The zero-order valence-electron chi connectivity index (χ0n) is 9.62. The largest absolute Gasteiger partial charge is 0.395 e. The van der Waals surface area contributed by atoms with Crippen LogP contribution in [0, 0.1) is 11.8 Å². The van der Waals surface area contributed by atoms with Crippen LogP contribution in [0.4, 0.5) is 8.78 Å². The van der Waals surface area contributed by atoms with E-state index in [0.717, 1.165) is 0 Å². The Kier molecular flexibility index (Phi) is 5.81. The molecule has 0 radical (unpaired) electrons. The van der Waals surface area contributed by atoms with Gasteiger partial charge >= 0.3 is 0 Å². The number of hydrogen-bond donors (Lipinski definition) is 2. The Hall–Kier alpha value is -1.93. The molecular formula is C13H13F2NO2. The third-order valence-electron chi connectivity index (χ3n) is 2.03. The first-order valence-electron chi connectivity index (χ1n) is 5.39. The van der Waals surface area contributed by atoms with Gasteiger partial charge in [-0.05, 0) is 24.3 Å². The van der Waals surface area contributed by atoms with E-state index in [4.69, 9.17) is 5.11 Å². The molecule has 0 unspecified atom stereocenters. The maximum atomic E-state index is 11.9. The number of aliphatic hydroxyl groups excluding tert-OH is 1. The molecule has 1 aromatic rings. The number of hydrogen-bond acceptors (Lipinski definition) is 2. The van der Waals surface area contributed by atoms with Gasteiger partial charge in [-0.2, -0.15) is 0 Å². The van der Waals surface area contributed by atoms with Crippen molar-refractivity contribution in [3.05, 3.63) is 35.4 Å². The highest BCUT2D eigenvalue weighted by Crippen LogP contribution is 2.03. The quantitative estimate of drug-likeness (QED) is 0.797. The van der Waals surface area contributed by atoms with E-state index >= 15 is 0 Å². The van der Waals surface area contributed by atoms with Crippen LogP contribution in [-0.4, -0.2) is 30.6 Å². The number of alkyl halides is 2. The average molecular weight is 253 g/mol. The minimum Gasteiger partial charge on any atom is -0.395 e. The summed E-state index contributed by atoms with van der Waals surface area (Å²) in [7, 11) is 0. The van der Waals surface area contributed by atoms with Crippen molar-refractivity contribution in [2.75, 3.05) is 13.2 Å². The fourth-order valence-electron chi connectivity index (χ4n) is 1.20. The van der Waals surface area contributed by atoms with E-state index in [9.17, 15) is 13.6 Å². The van der Waals surface area contributed by atoms with Crippen molar-refractivity contribution in [3.8, 4) is 11.8 Å². The molecule has 1 amide bonds. The highest BCUT2D eigenvalue weighted by atomic mass is 19.3. The van der Waals surface area contributed by atoms with Crippen molar-refractivity contribution in [2.45, 2.75) is 12.8 Å². The summed E-state index contributed by atoms with van der Waals surface area (Å²) in [5, 5.41) is 10.7. The van der Waals surface area contributed by atoms with Crippen LogP contribution in [-0.2, 0) is 0 Å². The first-order valence-corrected chi connectivity index (χ1v) is 5.39. The summed E-state index contributed by atoms with van der Waals surface area (Å²) < 4.78 is 23.8. The number of carbonyl (C=O) groups excluding carboxylic acids is 1. The normalized spacial score (nSPS) is 9.78. The molecule has 1 aromatic carbocycles. The smallest absolute Gasteiger partial charge is 0.255 e. The Labute approximate surface area is 104 Å². The molecular weight excluding hydrogens is 240 g/mol. The van der Waals surface area contributed by atoms with Gasteiger partial charge in [-0.1, -0.05) is 11.8 Å². The zero-order chi connectivity index (χ0) is 13.4. The van der Waals surface area contributed by atoms with Gasteiger partial charge in [0.05, 0.1) is 13.2 Å². The molecule has 0 atom stereocenters. The summed E-state index contributed by atoms with van der Waals surface area (Å²) in [5.74, 6) is 5.00. The molecule has 1 rings (SSSR count). The third-order valence-corrected chi connectivity index (χ3v) is 2.03. The van der Waals surface area contributed by atoms with E-state index in [1.54, 1.807) is 12.1 Å². The molecule has 0 aromatic heterocycles. The van der Waals surface area contributed by atoms with Gasteiger partial charge in [0.15, 0.2) is 0 Å². The molecule has 18 heavy (non-hydrogen) atoms. The minimum absolute atomic E-state index is 0.00111. The topological polar surface area (TPSA) is 49.3 Å². The number of amides is 1. The van der Waals surface area contributed by atoms with Crippen LogP contribution in [0.1, 0.15) is 22.3 Å². The highest BCUT2D eigenvalue weighted by Gasteiger charge is 2.08. The minimum atomic E-state index is -2.56. The molecule has 0 aliphatic carbocycles. The Bertz CT molecular complexity index is 446. The van der Waals surface area contributed by atoms with E-state index < -0.39 is 18.9 Å². The van der Waals surface area contributed by atoms with Crippen molar-refractivity contribution in [3.63, 3.8) is 0 Å². The van der Waals surface area contributed by atoms with Gasteiger partial charge in [0.2, 0.25) is 0 Å². The predicted molar refractivity (Wildman–Crippen MR) is 63.4 cm³/mol. The fraction of sp³-hybridized carbons (Fsp3) is 0.308. The van der Waals surface area contributed by atoms with Crippen molar-refractivity contribution in [1.82, 2.24) is 5.32 Å². The molecule has 0 saturated carbocycles. The van der Waals surface area contributed by atoms with Gasteiger partial charge in [-0.3, -0.25) is 4.79 Å². The number of carbonyl (C=O) groups is 1. The lowest BCUT2D eigenvalue weighted by Crippen LogP contribution is -2.28. The van der Waals surface area contributed by atoms with E-state index in [1.165, 1.54) is 12.1 Å². The van der Waals surface area contributed by atoms with Crippen molar-refractivity contribution < 1.29 is 18.7 Å². The second-order valence-electron chi connectivity index (χ2n) is 3.45. The molecule has 0 fully saturated rings. The van der Waals surface area contributed by atoms with Gasteiger partial charge in [-0.15, -0.1) is 0 Å². The van der Waals surface area contributed by atoms with Crippen LogP contribution in [0.15, 0.2) is 24.3 Å². The molecule has 0 aliphatic rings. The van der Waals surface area contributed by atoms with E-state index in [1.807, 2.05) is 0 Å². The highest BCUT2D eigenvalue weighted by molar-refractivity contribution is 5.94. The Balaban J connectivity index is 2.60. The second-order valence-corrected chi connectivity index (χ2v) is 3.45. The van der Waals surface area contributed by atoms with Crippen molar-refractivity contribution in [2.24, 2.45) is 0 Å². The van der Waals surface area contributed by atoms with Gasteiger partial charge < -0.3 is 10.4 Å². The number of aliphatic hydroxyl groups is 1. The monoisotopic (exact) mass is 253 g/mol. The molecule has 5 heteroatoms. The zero-order valence-corrected chi connectivity index (χ0v) is 9.62. The van der Waals surface area contributed by atoms with Gasteiger partial charge in [0, 0.05) is 17.5 Å². The van der Waals surface area contributed by atoms with E-state index in [-0.39, 0.29) is 6.61 Å². The van der Waals surface area contributed by atoms with Crippen LogP contribution in [0.2, 0.25) is 0 Å². The van der Waals surface area contributed by atoms with Crippen LogP contribution < -0.4 is 5.32 Å². The summed E-state index contributed by atoms with van der Waals surface area (Å²) in [6, 6.07) is 6.29. The average Bonchev–Trinajstić information content (AvgIpc) is 2.37. The molecule has 0 aliphatic heterocycles. The number of benzene rings is 1. The Morgan fingerprint density at radius 1 is 1.33 bits per heavy atom. The standard InChI is InChI=1S/C13H13F2NO2/c14-12(15)9-16-13(18)11-6-4-10(5-7-11)3-1-2-8-17/h4-7,12,17H,2,8-9H2,(H,16,18). The molecule has 96 valence electrons. The molecule has 3 nitrogen and oxygen atoms in total. The number of nitrogens with one attached hydrogen (secondary N) is 1. The van der Waals surface area contributed by atoms with Gasteiger partial charge in [0.25, 0.3) is 12.3 Å². The summed E-state index contributed by atoms with van der Waals surface area (Å²) in [4.78, 5) is 11.4. The van der Waals surface area contributed by atoms with Crippen LogP contribution >= 0.6 is 0 Å². The molecule has 0 bridgehead atoms. The summed E-state index contributed by atoms with van der Waals surface area (Å²) in [6.45, 7) is -0.655. The first kappa shape index (κ1) is 14.1. The molecule has 0 saturated heterocycles. The lowest BCUT2D eigenvalue weighted by Gasteiger charge is -2.04. The second kappa shape index (κ2) is 7.41. The lowest BCUT2D eigenvalue weighted by atomic mass is 10.1. The summed E-state index contributed by atoms with van der Waals surface area (Å²) in [5.41, 5.74) is 1.01. The van der Waals surface area contributed by atoms with Gasteiger partial charge in [-0.25, -0.2) is 8.78 Å². The third kappa shape index (κ3) is 4.93. The molecule has 2 N–H and O–H groups in total. The maximum absolute atomic E-state index is 11.9. The fourth-order valence-corrected chi connectivity index (χ4v) is 1.20. The van der Waals surface area contributed by atoms with E-state index in [2.05, 4.69) is 17.2 Å². The lowest BCUT2D eigenvalue weighted by molar-refractivity contribution is 0.0891. The van der Waals surface area contributed by atoms with Crippen LogP contribution in [0.3, 0.4) is 0 Å². The maximum Gasteiger partial charge on any atom is 0.255 e. The summed E-state index contributed by atoms with van der Waals surface area (Å²) >= 11 is 0. The predicted octanol–water partition coefficient (Wildman–Crippen LogP) is 1.42. The van der Waals surface area contributed by atoms with Gasteiger partial charge in [0.1, 0.15) is 0 Å². The van der Waals surface area contributed by atoms with Crippen molar-refractivity contribution in [1.29, 1.82) is 0 Å². The van der Waals surface area contributed by atoms with Crippen LogP contribution in [0.5, 0.6) is 0 Å². The van der Waals surface area contributed by atoms with Crippen molar-refractivity contribution >= 4 is 5.91 Å². The first-order chi connectivity index (χ1) is 8.63.